The Morgan fingerprint density at radius 1 is 1.39 bits per heavy atom. The fourth-order valence-corrected chi connectivity index (χ4v) is 3.06. The van der Waals surface area contributed by atoms with Crippen molar-refractivity contribution >= 4 is 11.9 Å². The van der Waals surface area contributed by atoms with Gasteiger partial charge in [-0.25, -0.2) is 14.2 Å². The average Bonchev–Trinajstić information content (AvgIpc) is 2.61. The Morgan fingerprint density at radius 2 is 2.11 bits per heavy atom. The number of amides is 1. The van der Waals surface area contributed by atoms with Crippen LogP contribution in [0.2, 0.25) is 0 Å². The third-order valence-electron chi connectivity index (χ3n) is 4.05. The number of carbonyl (C=O) groups is 1. The largest absolute Gasteiger partial charge is 0.488 e. The molecule has 0 bridgehead atoms. The number of anilines is 1. The Hall–Kier alpha value is -3.34. The molecule has 1 aromatic heterocycles. The molecule has 1 aromatic carbocycles. The number of nitrogens with two attached hydrogens (primary N) is 2. The van der Waals surface area contributed by atoms with Crippen LogP contribution >= 0.6 is 0 Å². The van der Waals surface area contributed by atoms with E-state index < -0.39 is 17.5 Å². The standard InChI is InChI=1S/C20H23FN4O3/c1-12(2)9-20(3,28-19(24)26)11-27-16-5-4-13(8-14(16)10-22)15-6-7-25-18(23)17(15)21/h4-8,12H,9,11H2,1-3H3,(H2,23,25)(H2,24,26)/t20-/m0/s1. The van der Waals surface area contributed by atoms with Crippen LogP contribution in [0.5, 0.6) is 5.75 Å². The number of primary amides is 1. The van der Waals surface area contributed by atoms with Gasteiger partial charge in [0.2, 0.25) is 0 Å². The molecule has 1 atom stereocenters. The predicted octanol–water partition coefficient (Wildman–Crippen LogP) is 3.62. The molecule has 2 aromatic rings. The highest BCUT2D eigenvalue weighted by Gasteiger charge is 2.31. The highest BCUT2D eigenvalue weighted by Crippen LogP contribution is 2.30. The average molecular weight is 386 g/mol. The molecule has 0 aliphatic carbocycles. The molecule has 2 rings (SSSR count). The van der Waals surface area contributed by atoms with Crippen LogP contribution < -0.4 is 16.2 Å². The van der Waals surface area contributed by atoms with E-state index in [1.165, 1.54) is 18.3 Å². The lowest BCUT2D eigenvalue weighted by Crippen LogP contribution is -2.41. The maximum absolute atomic E-state index is 14.2. The number of nitrogen functional groups attached to an aromatic ring is 1. The van der Waals surface area contributed by atoms with E-state index in [4.69, 9.17) is 20.9 Å². The number of nitriles is 1. The van der Waals surface area contributed by atoms with Crippen molar-refractivity contribution in [2.24, 2.45) is 11.7 Å². The lowest BCUT2D eigenvalue weighted by molar-refractivity contribution is -0.0186. The molecule has 8 heteroatoms. The van der Waals surface area contributed by atoms with E-state index in [9.17, 15) is 14.4 Å². The minimum atomic E-state index is -0.947. The van der Waals surface area contributed by atoms with Gasteiger partial charge in [-0.2, -0.15) is 5.26 Å². The summed E-state index contributed by atoms with van der Waals surface area (Å²) in [6.45, 7) is 5.69. The van der Waals surface area contributed by atoms with Gasteiger partial charge >= 0.3 is 6.09 Å². The molecule has 148 valence electrons. The van der Waals surface area contributed by atoms with Crippen LogP contribution in [0.4, 0.5) is 15.0 Å². The fraction of sp³-hybridized carbons (Fsp3) is 0.350. The first-order chi connectivity index (χ1) is 13.1. The number of aromatic nitrogens is 1. The molecule has 1 heterocycles. The molecular formula is C20H23FN4O3. The summed E-state index contributed by atoms with van der Waals surface area (Å²) >= 11 is 0. The number of ether oxygens (including phenoxy) is 2. The molecule has 7 nitrogen and oxygen atoms in total. The minimum absolute atomic E-state index is 0.0126. The second kappa shape index (κ2) is 8.57. The van der Waals surface area contributed by atoms with Crippen molar-refractivity contribution in [2.75, 3.05) is 12.3 Å². The van der Waals surface area contributed by atoms with Gasteiger partial charge in [-0.1, -0.05) is 19.9 Å². The maximum atomic E-state index is 14.2. The molecule has 4 N–H and O–H groups in total. The molecule has 0 saturated heterocycles. The normalized spacial score (nSPS) is 12.9. The van der Waals surface area contributed by atoms with Gasteiger partial charge < -0.3 is 20.9 Å². The molecule has 0 aliphatic rings. The number of rotatable bonds is 7. The third-order valence-corrected chi connectivity index (χ3v) is 4.05. The number of carbonyl (C=O) groups excluding carboxylic acids is 1. The topological polar surface area (TPSA) is 124 Å². The number of nitrogens with zero attached hydrogens (tertiary/aromatic N) is 2. The number of hydrogen-bond acceptors (Lipinski definition) is 6. The number of halogens is 1. The molecular weight excluding hydrogens is 363 g/mol. The van der Waals surface area contributed by atoms with Gasteiger partial charge in [-0.3, -0.25) is 0 Å². The first-order valence-electron chi connectivity index (χ1n) is 8.71. The fourth-order valence-electron chi connectivity index (χ4n) is 3.06. The molecule has 0 unspecified atom stereocenters. The Bertz CT molecular complexity index is 911. The van der Waals surface area contributed by atoms with E-state index in [1.807, 2.05) is 19.9 Å². The zero-order chi connectivity index (χ0) is 20.9. The zero-order valence-electron chi connectivity index (χ0n) is 16.0. The van der Waals surface area contributed by atoms with Crippen LogP contribution in [0.15, 0.2) is 30.5 Å². The van der Waals surface area contributed by atoms with Gasteiger partial charge in [-0.15, -0.1) is 0 Å². The Labute approximate surface area is 163 Å². The van der Waals surface area contributed by atoms with Gasteiger partial charge in [0.15, 0.2) is 11.6 Å². The number of hydrogen-bond donors (Lipinski definition) is 2. The summed E-state index contributed by atoms with van der Waals surface area (Å²) in [6, 6.07) is 8.18. The van der Waals surface area contributed by atoms with E-state index >= 15 is 0 Å². The number of pyridine rings is 1. The summed E-state index contributed by atoms with van der Waals surface area (Å²) in [6.07, 6.45) is 1.02. The maximum Gasteiger partial charge on any atom is 0.405 e. The summed E-state index contributed by atoms with van der Waals surface area (Å²) < 4.78 is 25.2. The van der Waals surface area contributed by atoms with Gasteiger partial charge in [0.05, 0.1) is 5.56 Å². The van der Waals surface area contributed by atoms with Crippen molar-refractivity contribution in [3.63, 3.8) is 0 Å². The Kier molecular flexibility index (Phi) is 6.41. The van der Waals surface area contributed by atoms with Gasteiger partial charge in [0.1, 0.15) is 24.0 Å². The first-order valence-corrected chi connectivity index (χ1v) is 8.71. The van der Waals surface area contributed by atoms with Gasteiger partial charge in [0.25, 0.3) is 0 Å². The monoisotopic (exact) mass is 386 g/mol. The molecule has 0 spiro atoms. The first kappa shape index (κ1) is 21.0. The van der Waals surface area contributed by atoms with Crippen molar-refractivity contribution in [2.45, 2.75) is 32.8 Å². The van der Waals surface area contributed by atoms with E-state index in [1.54, 1.807) is 19.1 Å². The van der Waals surface area contributed by atoms with E-state index in [0.717, 1.165) is 0 Å². The van der Waals surface area contributed by atoms with Crippen molar-refractivity contribution in [3.05, 3.63) is 41.8 Å². The molecule has 1 amide bonds. The second-order valence-electron chi connectivity index (χ2n) is 7.14. The molecule has 0 aliphatic heterocycles. The molecule has 0 radical (unpaired) electrons. The Morgan fingerprint density at radius 3 is 2.71 bits per heavy atom. The molecule has 28 heavy (non-hydrogen) atoms. The summed E-state index contributed by atoms with van der Waals surface area (Å²) in [4.78, 5) is 14.9. The highest BCUT2D eigenvalue weighted by molar-refractivity contribution is 5.70. The van der Waals surface area contributed by atoms with E-state index in [2.05, 4.69) is 4.98 Å². The summed E-state index contributed by atoms with van der Waals surface area (Å²) in [7, 11) is 0. The van der Waals surface area contributed by atoms with Crippen LogP contribution in [0.25, 0.3) is 11.1 Å². The predicted molar refractivity (Wildman–Crippen MR) is 103 cm³/mol. The van der Waals surface area contributed by atoms with Crippen molar-refractivity contribution < 1.29 is 18.7 Å². The van der Waals surface area contributed by atoms with Crippen molar-refractivity contribution in [1.82, 2.24) is 4.98 Å². The minimum Gasteiger partial charge on any atom is -0.488 e. The number of benzene rings is 1. The van der Waals surface area contributed by atoms with E-state index in [0.29, 0.717) is 12.0 Å². The smallest absolute Gasteiger partial charge is 0.405 e. The lowest BCUT2D eigenvalue weighted by Gasteiger charge is -2.30. The summed E-state index contributed by atoms with van der Waals surface area (Å²) in [5.41, 5.74) is 10.6. The van der Waals surface area contributed by atoms with Gasteiger partial charge in [0, 0.05) is 11.8 Å². The van der Waals surface area contributed by atoms with Crippen LogP contribution in [0.3, 0.4) is 0 Å². The summed E-state index contributed by atoms with van der Waals surface area (Å²) in [5.74, 6) is -0.355. The van der Waals surface area contributed by atoms with Crippen LogP contribution in [0.1, 0.15) is 32.8 Å². The van der Waals surface area contributed by atoms with Crippen LogP contribution in [-0.2, 0) is 4.74 Å². The summed E-state index contributed by atoms with van der Waals surface area (Å²) in [5, 5.41) is 9.47. The van der Waals surface area contributed by atoms with Gasteiger partial charge in [-0.05, 0) is 43.0 Å². The SMILES string of the molecule is CC(C)C[C@@](C)(COc1ccc(-c2ccnc(N)c2F)cc1C#N)OC(N)=O. The zero-order valence-corrected chi connectivity index (χ0v) is 16.0. The van der Waals surface area contributed by atoms with E-state index in [-0.39, 0.29) is 35.2 Å². The van der Waals surface area contributed by atoms with Crippen molar-refractivity contribution in [1.29, 1.82) is 5.26 Å². The third kappa shape index (κ3) is 5.10. The Balaban J connectivity index is 2.28. The van der Waals surface area contributed by atoms with Crippen molar-refractivity contribution in [3.8, 4) is 22.9 Å². The van der Waals surface area contributed by atoms with Crippen LogP contribution in [-0.4, -0.2) is 23.3 Å². The lowest BCUT2D eigenvalue weighted by atomic mass is 9.95. The molecule has 0 saturated carbocycles. The van der Waals surface area contributed by atoms with Crippen LogP contribution in [0, 0.1) is 23.1 Å². The quantitative estimate of drug-likeness (QED) is 0.749. The second-order valence-corrected chi connectivity index (χ2v) is 7.14. The molecule has 0 fully saturated rings. The highest BCUT2D eigenvalue weighted by atomic mass is 19.1.